The van der Waals surface area contributed by atoms with Crippen LogP contribution in [0.1, 0.15) is 40.3 Å². The lowest BCUT2D eigenvalue weighted by Gasteiger charge is -2.29. The Balaban J connectivity index is 1.69. The highest BCUT2D eigenvalue weighted by Crippen LogP contribution is 2.45. The van der Waals surface area contributed by atoms with Crippen LogP contribution in [0.25, 0.3) is 5.69 Å². The van der Waals surface area contributed by atoms with E-state index in [1.807, 2.05) is 29.2 Å². The molecule has 5 rings (SSSR count). The zero-order valence-electron chi connectivity index (χ0n) is 22.5. The summed E-state index contributed by atoms with van der Waals surface area (Å²) >= 11 is 5.89. The molecule has 2 N–H and O–H groups in total. The standard InChI is InChI=1S/C29H31N5O3S2/c1-18-9-8-10-21(15-18)33-19(2)16-23(20(33)3)28-27(24-11-6-7-14-30-24)31-29(38)34(28)22-12-13-26(37-4)25(17-22)32-39(5,35)36/h6-17,27-28,32H,1-5H3,(H,31,38). The number of anilines is 2. The highest BCUT2D eigenvalue weighted by molar-refractivity contribution is 7.92. The van der Waals surface area contributed by atoms with Gasteiger partial charge >= 0.3 is 0 Å². The molecule has 8 nitrogen and oxygen atoms in total. The third kappa shape index (κ3) is 5.22. The van der Waals surface area contributed by atoms with Crippen LogP contribution in [0.15, 0.2) is 72.9 Å². The van der Waals surface area contributed by atoms with Crippen molar-refractivity contribution < 1.29 is 13.2 Å². The molecule has 4 aromatic rings. The molecule has 202 valence electrons. The summed E-state index contributed by atoms with van der Waals surface area (Å²) in [6, 6.07) is 21.3. The molecular formula is C29H31N5O3S2. The summed E-state index contributed by atoms with van der Waals surface area (Å²) in [5, 5.41) is 4.00. The number of hydrogen-bond acceptors (Lipinski definition) is 5. The van der Waals surface area contributed by atoms with Crippen molar-refractivity contribution in [1.82, 2.24) is 14.9 Å². The number of pyridine rings is 1. The van der Waals surface area contributed by atoms with Crippen molar-refractivity contribution in [1.29, 1.82) is 0 Å². The summed E-state index contributed by atoms with van der Waals surface area (Å²) in [5.74, 6) is 0.415. The molecule has 1 aliphatic rings. The largest absolute Gasteiger partial charge is 0.495 e. The molecule has 0 spiro atoms. The molecule has 1 saturated heterocycles. The summed E-state index contributed by atoms with van der Waals surface area (Å²) in [4.78, 5) is 6.69. The van der Waals surface area contributed by atoms with Crippen molar-refractivity contribution >= 4 is 38.7 Å². The fourth-order valence-electron chi connectivity index (χ4n) is 5.33. The van der Waals surface area contributed by atoms with Crippen LogP contribution in [0.4, 0.5) is 11.4 Å². The number of hydrogen-bond donors (Lipinski definition) is 2. The maximum absolute atomic E-state index is 12.1. The second-order valence-corrected chi connectivity index (χ2v) is 11.9. The molecule has 0 bridgehead atoms. The van der Waals surface area contributed by atoms with Crippen LogP contribution in [-0.4, -0.2) is 36.4 Å². The van der Waals surface area contributed by atoms with Gasteiger partial charge < -0.3 is 19.5 Å². The van der Waals surface area contributed by atoms with Crippen molar-refractivity contribution in [3.05, 3.63) is 101 Å². The van der Waals surface area contributed by atoms with Gasteiger partial charge in [-0.25, -0.2) is 8.42 Å². The Kier molecular flexibility index (Phi) is 7.09. The van der Waals surface area contributed by atoms with Crippen LogP contribution in [0.5, 0.6) is 5.75 Å². The zero-order chi connectivity index (χ0) is 27.9. The number of methoxy groups -OCH3 is 1. The minimum Gasteiger partial charge on any atom is -0.495 e. The van der Waals surface area contributed by atoms with Gasteiger partial charge in [-0.1, -0.05) is 18.2 Å². The quantitative estimate of drug-likeness (QED) is 0.294. The Morgan fingerprint density at radius 2 is 1.79 bits per heavy atom. The minimum absolute atomic E-state index is 0.237. The maximum Gasteiger partial charge on any atom is 0.229 e. The van der Waals surface area contributed by atoms with Crippen molar-refractivity contribution in [2.24, 2.45) is 0 Å². The number of sulfonamides is 1. The smallest absolute Gasteiger partial charge is 0.229 e. The average molecular weight is 562 g/mol. The predicted molar refractivity (Wildman–Crippen MR) is 159 cm³/mol. The minimum atomic E-state index is -3.54. The van der Waals surface area contributed by atoms with E-state index in [1.165, 1.54) is 12.7 Å². The molecule has 0 saturated carbocycles. The first-order valence-electron chi connectivity index (χ1n) is 12.5. The molecule has 0 aliphatic carbocycles. The molecule has 2 unspecified atom stereocenters. The molecule has 2 atom stereocenters. The molecule has 2 aromatic carbocycles. The highest BCUT2D eigenvalue weighted by atomic mass is 32.2. The van der Waals surface area contributed by atoms with E-state index in [1.54, 1.807) is 18.3 Å². The summed E-state index contributed by atoms with van der Waals surface area (Å²) in [6.07, 6.45) is 2.89. The first-order valence-corrected chi connectivity index (χ1v) is 14.8. The molecule has 39 heavy (non-hydrogen) atoms. The average Bonchev–Trinajstić information content (AvgIpc) is 3.38. The first-order chi connectivity index (χ1) is 18.6. The number of thiocarbonyl (C=S) groups is 1. The summed E-state index contributed by atoms with van der Waals surface area (Å²) in [5.41, 5.74) is 7.47. The van der Waals surface area contributed by atoms with Crippen LogP contribution in [0, 0.1) is 20.8 Å². The van der Waals surface area contributed by atoms with Gasteiger partial charge in [-0.15, -0.1) is 0 Å². The Morgan fingerprint density at radius 1 is 1.00 bits per heavy atom. The van der Waals surface area contributed by atoms with Crippen LogP contribution in [-0.2, 0) is 10.0 Å². The topological polar surface area (TPSA) is 88.5 Å². The summed E-state index contributed by atoms with van der Waals surface area (Å²) in [7, 11) is -2.03. The molecule has 3 heterocycles. The molecular weight excluding hydrogens is 530 g/mol. The number of nitrogens with one attached hydrogen (secondary N) is 2. The SMILES string of the molecule is COc1ccc(N2C(=S)NC(c3ccccn3)C2c2cc(C)n(-c3cccc(C)c3)c2C)cc1NS(C)(=O)=O. The number of nitrogens with zero attached hydrogens (tertiary/aromatic N) is 3. The summed E-state index contributed by atoms with van der Waals surface area (Å²) < 4.78 is 34.5. The van der Waals surface area contributed by atoms with Crippen molar-refractivity contribution in [2.75, 3.05) is 23.0 Å². The molecule has 2 aromatic heterocycles. The van der Waals surface area contributed by atoms with Gasteiger partial charge in [0.05, 0.1) is 36.8 Å². The van der Waals surface area contributed by atoms with Crippen LogP contribution < -0.4 is 19.7 Å². The predicted octanol–water partition coefficient (Wildman–Crippen LogP) is 5.35. The lowest BCUT2D eigenvalue weighted by Crippen LogP contribution is -2.29. The molecule has 1 aliphatic heterocycles. The van der Waals surface area contributed by atoms with Gasteiger partial charge in [0.1, 0.15) is 5.75 Å². The van der Waals surface area contributed by atoms with E-state index in [0.29, 0.717) is 16.5 Å². The van der Waals surface area contributed by atoms with Crippen LogP contribution in [0.3, 0.4) is 0 Å². The van der Waals surface area contributed by atoms with E-state index in [4.69, 9.17) is 17.0 Å². The number of aromatic nitrogens is 2. The van der Waals surface area contributed by atoms with Gasteiger partial charge in [0.25, 0.3) is 0 Å². The third-order valence-electron chi connectivity index (χ3n) is 6.90. The molecule has 0 radical (unpaired) electrons. The second-order valence-electron chi connectivity index (χ2n) is 9.76. The number of ether oxygens (including phenoxy) is 1. The number of rotatable bonds is 7. The fourth-order valence-corrected chi connectivity index (χ4v) is 6.23. The maximum atomic E-state index is 12.1. The highest BCUT2D eigenvalue weighted by Gasteiger charge is 2.42. The Bertz CT molecular complexity index is 1650. The van der Waals surface area contributed by atoms with Crippen LogP contribution in [0.2, 0.25) is 0 Å². The monoisotopic (exact) mass is 561 g/mol. The zero-order valence-corrected chi connectivity index (χ0v) is 24.1. The Labute approximate surface area is 234 Å². The van der Waals surface area contributed by atoms with Gasteiger partial charge in [-0.3, -0.25) is 9.71 Å². The van der Waals surface area contributed by atoms with Gasteiger partial charge in [-0.2, -0.15) is 0 Å². The van der Waals surface area contributed by atoms with Crippen molar-refractivity contribution in [3.63, 3.8) is 0 Å². The summed E-state index contributed by atoms with van der Waals surface area (Å²) in [6.45, 7) is 6.30. The van der Waals surface area contributed by atoms with E-state index in [2.05, 4.69) is 70.7 Å². The number of benzene rings is 2. The Morgan fingerprint density at radius 3 is 2.46 bits per heavy atom. The lowest BCUT2D eigenvalue weighted by atomic mass is 9.96. The van der Waals surface area contributed by atoms with E-state index in [0.717, 1.165) is 40.3 Å². The molecule has 0 amide bonds. The molecule has 10 heteroatoms. The van der Waals surface area contributed by atoms with Crippen molar-refractivity contribution in [2.45, 2.75) is 32.9 Å². The van der Waals surface area contributed by atoms with Crippen LogP contribution >= 0.6 is 12.2 Å². The second kappa shape index (κ2) is 10.3. The van der Waals surface area contributed by atoms with E-state index < -0.39 is 10.0 Å². The van der Waals surface area contributed by atoms with Gasteiger partial charge in [-0.05, 0) is 92.6 Å². The third-order valence-corrected chi connectivity index (χ3v) is 7.81. The van der Waals surface area contributed by atoms with Gasteiger partial charge in [0, 0.05) is 29.0 Å². The van der Waals surface area contributed by atoms with E-state index >= 15 is 0 Å². The first kappa shape index (κ1) is 26.7. The fraction of sp³-hybridized carbons (Fsp3) is 0.241. The number of aryl methyl sites for hydroxylation is 2. The molecule has 1 fully saturated rings. The van der Waals surface area contributed by atoms with Gasteiger partial charge in [0.15, 0.2) is 5.11 Å². The normalized spacial score (nSPS) is 17.3. The van der Waals surface area contributed by atoms with Crippen molar-refractivity contribution in [3.8, 4) is 11.4 Å². The lowest BCUT2D eigenvalue weighted by molar-refractivity contribution is 0.417. The Hall–Kier alpha value is -3.89. The van der Waals surface area contributed by atoms with Gasteiger partial charge in [0.2, 0.25) is 10.0 Å². The van der Waals surface area contributed by atoms with E-state index in [9.17, 15) is 8.42 Å². The van der Waals surface area contributed by atoms with E-state index in [-0.39, 0.29) is 12.1 Å².